The molecule has 1 fully saturated rings. The number of alkyl halides is 3. The van der Waals surface area contributed by atoms with Gasteiger partial charge in [-0.25, -0.2) is 9.59 Å². The molecular formula is C16H19F3N2O5. The fraction of sp³-hybridized carbons (Fsp3) is 0.500. The molecule has 2 unspecified atom stereocenters. The molecule has 1 aliphatic heterocycles. The number of hydrogen-bond acceptors (Lipinski definition) is 4. The lowest BCUT2D eigenvalue weighted by Gasteiger charge is -2.32. The zero-order chi connectivity index (χ0) is 19.3. The highest BCUT2D eigenvalue weighted by Gasteiger charge is 2.32. The molecule has 1 aromatic rings. The van der Waals surface area contributed by atoms with Crippen molar-refractivity contribution in [2.45, 2.75) is 18.3 Å². The second-order valence-electron chi connectivity index (χ2n) is 5.72. The van der Waals surface area contributed by atoms with Gasteiger partial charge in [-0.3, -0.25) is 0 Å². The van der Waals surface area contributed by atoms with Crippen molar-refractivity contribution >= 4 is 12.0 Å². The largest absolute Gasteiger partial charge is 0.479 e. The Kier molecular flexibility index (Phi) is 6.43. The van der Waals surface area contributed by atoms with Gasteiger partial charge in [0.25, 0.3) is 0 Å². The number of nitrogens with one attached hydrogen (secondary N) is 1. The van der Waals surface area contributed by atoms with Gasteiger partial charge < -0.3 is 24.8 Å². The lowest BCUT2D eigenvalue weighted by Crippen LogP contribution is -2.52. The summed E-state index contributed by atoms with van der Waals surface area (Å²) in [5, 5.41) is 11.6. The van der Waals surface area contributed by atoms with Crippen molar-refractivity contribution < 1.29 is 37.3 Å². The SMILES string of the molecule is COCC(NC(=O)N1CCOC(C(=O)O)C1)c1cccc(C(F)(F)F)c1. The molecular weight excluding hydrogens is 357 g/mol. The first-order chi connectivity index (χ1) is 12.2. The normalized spacial score (nSPS) is 19.1. The molecule has 1 heterocycles. The van der Waals surface area contributed by atoms with Crippen molar-refractivity contribution in [2.24, 2.45) is 0 Å². The van der Waals surface area contributed by atoms with Crippen LogP contribution in [0.15, 0.2) is 24.3 Å². The Hall–Kier alpha value is -2.33. The number of methoxy groups -OCH3 is 1. The molecule has 1 aliphatic rings. The highest BCUT2D eigenvalue weighted by atomic mass is 19.4. The number of halogens is 3. The van der Waals surface area contributed by atoms with E-state index in [0.29, 0.717) is 0 Å². The Labute approximate surface area is 147 Å². The van der Waals surface area contributed by atoms with E-state index in [1.54, 1.807) is 0 Å². The number of rotatable bonds is 5. The number of ether oxygens (including phenoxy) is 2. The zero-order valence-corrected chi connectivity index (χ0v) is 14.0. The quantitative estimate of drug-likeness (QED) is 0.819. The molecule has 2 atom stereocenters. The zero-order valence-electron chi connectivity index (χ0n) is 14.0. The number of nitrogens with zero attached hydrogens (tertiary/aromatic N) is 1. The van der Waals surface area contributed by atoms with Crippen molar-refractivity contribution in [2.75, 3.05) is 33.4 Å². The molecule has 0 aromatic heterocycles. The highest BCUT2D eigenvalue weighted by molar-refractivity contribution is 5.77. The summed E-state index contributed by atoms with van der Waals surface area (Å²) >= 11 is 0. The number of benzene rings is 1. The Morgan fingerprint density at radius 3 is 2.81 bits per heavy atom. The van der Waals surface area contributed by atoms with Crippen LogP contribution in [-0.4, -0.2) is 61.5 Å². The average Bonchev–Trinajstić information content (AvgIpc) is 2.60. The van der Waals surface area contributed by atoms with Gasteiger partial charge in [0.2, 0.25) is 0 Å². The first-order valence-electron chi connectivity index (χ1n) is 7.78. The third-order valence-electron chi connectivity index (χ3n) is 3.88. The lowest BCUT2D eigenvalue weighted by molar-refractivity contribution is -0.154. The summed E-state index contributed by atoms with van der Waals surface area (Å²) in [5.74, 6) is -1.19. The number of carbonyl (C=O) groups is 2. The molecule has 26 heavy (non-hydrogen) atoms. The molecule has 0 spiro atoms. The molecule has 144 valence electrons. The minimum absolute atomic E-state index is 0.0419. The van der Waals surface area contributed by atoms with E-state index >= 15 is 0 Å². The van der Waals surface area contributed by atoms with Crippen LogP contribution in [0.25, 0.3) is 0 Å². The van der Waals surface area contributed by atoms with E-state index in [1.807, 2.05) is 0 Å². The van der Waals surface area contributed by atoms with Gasteiger partial charge in [0.15, 0.2) is 6.10 Å². The van der Waals surface area contributed by atoms with Crippen molar-refractivity contribution in [3.63, 3.8) is 0 Å². The molecule has 2 amide bonds. The second-order valence-corrected chi connectivity index (χ2v) is 5.72. The molecule has 2 rings (SSSR count). The molecule has 2 N–H and O–H groups in total. The summed E-state index contributed by atoms with van der Waals surface area (Å²) in [6, 6.07) is 3.18. The van der Waals surface area contributed by atoms with Crippen LogP contribution in [0.4, 0.5) is 18.0 Å². The van der Waals surface area contributed by atoms with Crippen LogP contribution in [0.5, 0.6) is 0 Å². The summed E-state index contributed by atoms with van der Waals surface area (Å²) in [6.45, 7) is 0.0456. The number of amides is 2. The molecule has 10 heteroatoms. The number of aliphatic carboxylic acids is 1. The predicted molar refractivity (Wildman–Crippen MR) is 83.5 cm³/mol. The highest BCUT2D eigenvalue weighted by Crippen LogP contribution is 2.30. The third kappa shape index (κ3) is 5.09. The van der Waals surface area contributed by atoms with Crippen molar-refractivity contribution in [3.05, 3.63) is 35.4 Å². The molecule has 0 aliphatic carbocycles. The Balaban J connectivity index is 2.12. The molecule has 7 nitrogen and oxygen atoms in total. The fourth-order valence-corrected chi connectivity index (χ4v) is 2.54. The van der Waals surface area contributed by atoms with Crippen LogP contribution in [0.3, 0.4) is 0 Å². The first kappa shape index (κ1) is 20.0. The van der Waals surface area contributed by atoms with Crippen molar-refractivity contribution in [1.29, 1.82) is 0 Å². The summed E-state index contributed by atoms with van der Waals surface area (Å²) in [6.07, 6.45) is -5.64. The number of morpholine rings is 1. The van der Waals surface area contributed by atoms with E-state index in [9.17, 15) is 22.8 Å². The summed E-state index contributed by atoms with van der Waals surface area (Å²) in [4.78, 5) is 24.6. The van der Waals surface area contributed by atoms with E-state index in [0.717, 1.165) is 12.1 Å². The van der Waals surface area contributed by atoms with Gasteiger partial charge >= 0.3 is 18.2 Å². The maximum absolute atomic E-state index is 12.9. The maximum Gasteiger partial charge on any atom is 0.416 e. The number of hydrogen-bond donors (Lipinski definition) is 2. The Morgan fingerprint density at radius 2 is 2.19 bits per heavy atom. The Morgan fingerprint density at radius 1 is 1.46 bits per heavy atom. The number of urea groups is 1. The average molecular weight is 376 g/mol. The van der Waals surface area contributed by atoms with Crippen LogP contribution >= 0.6 is 0 Å². The van der Waals surface area contributed by atoms with E-state index < -0.39 is 35.9 Å². The third-order valence-corrected chi connectivity index (χ3v) is 3.88. The second kappa shape index (κ2) is 8.37. The van der Waals surface area contributed by atoms with E-state index in [2.05, 4.69) is 5.32 Å². The van der Waals surface area contributed by atoms with Gasteiger partial charge in [-0.15, -0.1) is 0 Å². The molecule has 0 saturated carbocycles. The predicted octanol–water partition coefficient (Wildman–Crippen LogP) is 1.89. The monoisotopic (exact) mass is 376 g/mol. The van der Waals surface area contributed by atoms with Crippen molar-refractivity contribution in [3.8, 4) is 0 Å². The number of carboxylic acids is 1. The van der Waals surface area contributed by atoms with Crippen LogP contribution in [0, 0.1) is 0 Å². The van der Waals surface area contributed by atoms with Gasteiger partial charge in [0.05, 0.1) is 31.4 Å². The minimum atomic E-state index is -4.50. The Bertz CT molecular complexity index is 653. The van der Waals surface area contributed by atoms with E-state index in [4.69, 9.17) is 14.6 Å². The molecule has 1 saturated heterocycles. The van der Waals surface area contributed by atoms with E-state index in [1.165, 1.54) is 24.1 Å². The van der Waals surface area contributed by atoms with Gasteiger partial charge in [-0.2, -0.15) is 13.2 Å². The van der Waals surface area contributed by atoms with Crippen molar-refractivity contribution in [1.82, 2.24) is 10.2 Å². The first-order valence-corrected chi connectivity index (χ1v) is 7.78. The fourth-order valence-electron chi connectivity index (χ4n) is 2.54. The molecule has 1 aromatic carbocycles. The van der Waals surface area contributed by atoms with Crippen LogP contribution in [-0.2, 0) is 20.4 Å². The van der Waals surface area contributed by atoms with Gasteiger partial charge in [-0.1, -0.05) is 12.1 Å². The summed E-state index contributed by atoms with van der Waals surface area (Å²) in [7, 11) is 1.36. The van der Waals surface area contributed by atoms with Crippen LogP contribution in [0.2, 0.25) is 0 Å². The van der Waals surface area contributed by atoms with Gasteiger partial charge in [0, 0.05) is 13.7 Å². The van der Waals surface area contributed by atoms with Crippen LogP contribution < -0.4 is 5.32 Å². The summed E-state index contributed by atoms with van der Waals surface area (Å²) < 4.78 is 48.7. The van der Waals surface area contributed by atoms with E-state index in [-0.39, 0.29) is 31.9 Å². The molecule has 0 bridgehead atoms. The topological polar surface area (TPSA) is 88.1 Å². The van der Waals surface area contributed by atoms with Gasteiger partial charge in [0.1, 0.15) is 0 Å². The maximum atomic E-state index is 12.9. The molecule has 0 radical (unpaired) electrons. The minimum Gasteiger partial charge on any atom is -0.479 e. The van der Waals surface area contributed by atoms with Crippen LogP contribution in [0.1, 0.15) is 17.2 Å². The lowest BCUT2D eigenvalue weighted by atomic mass is 10.0. The number of carbonyl (C=O) groups excluding carboxylic acids is 1. The number of carboxylic acid groups (broad SMARTS) is 1. The van der Waals surface area contributed by atoms with Gasteiger partial charge in [-0.05, 0) is 17.7 Å². The summed E-state index contributed by atoms with van der Waals surface area (Å²) in [5.41, 5.74) is -0.597. The smallest absolute Gasteiger partial charge is 0.416 e. The standard InChI is InChI=1S/C16H19F3N2O5/c1-25-9-12(10-3-2-4-11(7-10)16(17,18)19)20-15(24)21-5-6-26-13(8-21)14(22)23/h2-4,7,12-13H,5-6,8-9H2,1H3,(H,20,24)(H,22,23).